The fraction of sp³-hybridized carbons (Fsp3) is 0.143. The third-order valence-corrected chi connectivity index (χ3v) is 3.24. The summed E-state index contributed by atoms with van der Waals surface area (Å²) in [5.41, 5.74) is 2.26. The van der Waals surface area contributed by atoms with Gasteiger partial charge in [-0.05, 0) is 18.6 Å². The molecular weight excluding hydrogens is 242 g/mol. The van der Waals surface area contributed by atoms with Crippen LogP contribution >= 0.6 is 11.8 Å². The summed E-state index contributed by atoms with van der Waals surface area (Å²) in [5, 5.41) is 7.79. The van der Waals surface area contributed by atoms with Crippen molar-refractivity contribution < 1.29 is 0 Å². The number of H-pyrrole nitrogens is 1. The quantitative estimate of drug-likeness (QED) is 0.656. The number of rotatable bonds is 5. The molecule has 2 rings (SSSR count). The molecule has 0 aliphatic carbocycles. The predicted octanol–water partition coefficient (Wildman–Crippen LogP) is 3.64. The number of aromatic amines is 1. The maximum Gasteiger partial charge on any atom is 0.209 e. The smallest absolute Gasteiger partial charge is 0.209 e. The van der Waals surface area contributed by atoms with Gasteiger partial charge in [-0.1, -0.05) is 60.3 Å². The molecule has 1 N–H and O–H groups in total. The Morgan fingerprint density at radius 2 is 2.11 bits per heavy atom. The maximum absolute atomic E-state index is 4.37. The summed E-state index contributed by atoms with van der Waals surface area (Å²) in [4.78, 5) is 4.37. The molecule has 0 saturated heterocycles. The van der Waals surface area contributed by atoms with Crippen LogP contribution in [-0.2, 0) is 0 Å². The number of aromatic nitrogens is 3. The highest BCUT2D eigenvalue weighted by Gasteiger charge is 2.00. The molecule has 0 spiro atoms. The summed E-state index contributed by atoms with van der Waals surface area (Å²) in [7, 11) is 0. The molecule has 1 heterocycles. The summed E-state index contributed by atoms with van der Waals surface area (Å²) < 4.78 is 0. The highest BCUT2D eigenvalue weighted by molar-refractivity contribution is 7.99. The average Bonchev–Trinajstić information content (AvgIpc) is 2.83. The van der Waals surface area contributed by atoms with Gasteiger partial charge in [0.05, 0.1) is 0 Å². The number of nitrogens with one attached hydrogen (secondary N) is 1. The number of hydrogen-bond donors (Lipinski definition) is 1. The Bertz CT molecular complexity index is 543. The van der Waals surface area contributed by atoms with Crippen LogP contribution in [0.1, 0.15) is 18.3 Å². The lowest BCUT2D eigenvalue weighted by Crippen LogP contribution is -1.81. The van der Waals surface area contributed by atoms with E-state index in [4.69, 9.17) is 0 Å². The molecule has 3 nitrogen and oxygen atoms in total. The summed E-state index contributed by atoms with van der Waals surface area (Å²) in [6.07, 6.45) is 3.93. The molecule has 0 aliphatic heterocycles. The molecule has 18 heavy (non-hydrogen) atoms. The molecule has 0 bridgehead atoms. The summed E-state index contributed by atoms with van der Waals surface area (Å²) in [6, 6.07) is 10.1. The Balaban J connectivity index is 1.98. The van der Waals surface area contributed by atoms with Crippen molar-refractivity contribution in [3.63, 3.8) is 0 Å². The minimum absolute atomic E-state index is 0.755. The molecule has 4 heteroatoms. The van der Waals surface area contributed by atoms with Crippen molar-refractivity contribution >= 4 is 23.9 Å². The monoisotopic (exact) mass is 257 g/mol. The fourth-order valence-corrected chi connectivity index (χ4v) is 1.97. The second kappa shape index (κ2) is 6.21. The van der Waals surface area contributed by atoms with Gasteiger partial charge in [0.1, 0.15) is 5.82 Å². The lowest BCUT2D eigenvalue weighted by Gasteiger charge is -1.92. The van der Waals surface area contributed by atoms with Crippen molar-refractivity contribution in [3.05, 3.63) is 53.9 Å². The first kappa shape index (κ1) is 12.6. The van der Waals surface area contributed by atoms with Crippen molar-refractivity contribution in [1.29, 1.82) is 0 Å². The van der Waals surface area contributed by atoms with Crippen LogP contribution in [0, 0.1) is 0 Å². The van der Waals surface area contributed by atoms with Crippen LogP contribution in [0.3, 0.4) is 0 Å². The first-order chi connectivity index (χ1) is 8.74. The summed E-state index contributed by atoms with van der Waals surface area (Å²) in [5.74, 6) is 1.61. The number of hydrogen-bond acceptors (Lipinski definition) is 3. The zero-order valence-corrected chi connectivity index (χ0v) is 11.1. The highest BCUT2D eigenvalue weighted by Crippen LogP contribution is 2.15. The van der Waals surface area contributed by atoms with Gasteiger partial charge >= 0.3 is 0 Å². The van der Waals surface area contributed by atoms with Gasteiger partial charge in [-0.2, -0.15) is 0 Å². The van der Waals surface area contributed by atoms with E-state index in [1.54, 1.807) is 11.8 Å². The van der Waals surface area contributed by atoms with Crippen molar-refractivity contribution in [3.8, 4) is 0 Å². The first-order valence-electron chi connectivity index (χ1n) is 5.67. The second-order valence-corrected chi connectivity index (χ2v) is 4.94. The molecule has 0 fully saturated rings. The van der Waals surface area contributed by atoms with Gasteiger partial charge in [0.15, 0.2) is 0 Å². The predicted molar refractivity (Wildman–Crippen MR) is 77.3 cm³/mol. The van der Waals surface area contributed by atoms with Gasteiger partial charge in [0.2, 0.25) is 5.16 Å². The van der Waals surface area contributed by atoms with Gasteiger partial charge in [-0.3, -0.25) is 5.10 Å². The number of benzene rings is 1. The van der Waals surface area contributed by atoms with Gasteiger partial charge < -0.3 is 0 Å². The molecule has 1 aromatic heterocycles. The number of nitrogens with zero attached hydrogens (tertiary/aromatic N) is 2. The zero-order valence-electron chi connectivity index (χ0n) is 10.3. The Kier molecular flexibility index (Phi) is 4.36. The summed E-state index contributed by atoms with van der Waals surface area (Å²) in [6.45, 7) is 5.85. The SMILES string of the molecule is C=C(C)CSc1n[nH]c(C=Cc2ccccc2)n1. The molecule has 0 amide bonds. The molecule has 0 atom stereocenters. The zero-order chi connectivity index (χ0) is 12.8. The molecule has 2 aromatic rings. The lowest BCUT2D eigenvalue weighted by molar-refractivity contribution is 0.973. The van der Waals surface area contributed by atoms with E-state index in [1.807, 2.05) is 49.4 Å². The van der Waals surface area contributed by atoms with E-state index in [0.717, 1.165) is 27.9 Å². The van der Waals surface area contributed by atoms with E-state index in [0.29, 0.717) is 0 Å². The van der Waals surface area contributed by atoms with Crippen molar-refractivity contribution in [2.24, 2.45) is 0 Å². The topological polar surface area (TPSA) is 41.6 Å². The second-order valence-electron chi connectivity index (χ2n) is 3.99. The van der Waals surface area contributed by atoms with E-state index < -0.39 is 0 Å². The van der Waals surface area contributed by atoms with Crippen LogP contribution in [0.5, 0.6) is 0 Å². The van der Waals surface area contributed by atoms with E-state index in [1.165, 1.54) is 0 Å². The van der Waals surface area contributed by atoms with Crippen molar-refractivity contribution in [2.45, 2.75) is 12.1 Å². The van der Waals surface area contributed by atoms with Crippen LogP contribution in [0.2, 0.25) is 0 Å². The molecular formula is C14H15N3S. The van der Waals surface area contributed by atoms with Gasteiger partial charge in [-0.25, -0.2) is 4.98 Å². The fourth-order valence-electron chi connectivity index (χ4n) is 1.32. The standard InChI is InChI=1S/C14H15N3S/c1-11(2)10-18-14-15-13(16-17-14)9-8-12-6-4-3-5-7-12/h3-9H,1,10H2,2H3,(H,15,16,17). The average molecular weight is 257 g/mol. The number of thioether (sulfide) groups is 1. The first-order valence-corrected chi connectivity index (χ1v) is 6.65. The third-order valence-electron chi connectivity index (χ3n) is 2.16. The highest BCUT2D eigenvalue weighted by atomic mass is 32.2. The van der Waals surface area contributed by atoms with Crippen molar-refractivity contribution in [1.82, 2.24) is 15.2 Å². The van der Waals surface area contributed by atoms with E-state index in [9.17, 15) is 0 Å². The van der Waals surface area contributed by atoms with E-state index in [2.05, 4.69) is 21.8 Å². The van der Waals surface area contributed by atoms with Crippen LogP contribution in [0.4, 0.5) is 0 Å². The largest absolute Gasteiger partial charge is 0.259 e. The van der Waals surface area contributed by atoms with Gasteiger partial charge in [0.25, 0.3) is 0 Å². The Labute approximate surface area is 111 Å². The van der Waals surface area contributed by atoms with E-state index in [-0.39, 0.29) is 0 Å². The Morgan fingerprint density at radius 3 is 2.83 bits per heavy atom. The third kappa shape index (κ3) is 3.89. The van der Waals surface area contributed by atoms with Crippen LogP contribution in [-0.4, -0.2) is 20.9 Å². The normalized spacial score (nSPS) is 10.9. The Morgan fingerprint density at radius 1 is 1.33 bits per heavy atom. The van der Waals surface area contributed by atoms with Crippen LogP contribution < -0.4 is 0 Å². The maximum atomic E-state index is 4.37. The Hall–Kier alpha value is -1.81. The van der Waals surface area contributed by atoms with Gasteiger partial charge in [-0.15, -0.1) is 5.10 Å². The molecule has 1 aromatic carbocycles. The minimum atomic E-state index is 0.755. The van der Waals surface area contributed by atoms with Crippen LogP contribution in [0.25, 0.3) is 12.2 Å². The molecule has 0 unspecified atom stereocenters. The minimum Gasteiger partial charge on any atom is -0.259 e. The van der Waals surface area contributed by atoms with Gasteiger partial charge in [0, 0.05) is 5.75 Å². The summed E-state index contributed by atoms with van der Waals surface area (Å²) >= 11 is 1.58. The van der Waals surface area contributed by atoms with Crippen molar-refractivity contribution in [2.75, 3.05) is 5.75 Å². The van der Waals surface area contributed by atoms with E-state index >= 15 is 0 Å². The lowest BCUT2D eigenvalue weighted by atomic mass is 10.2. The molecule has 92 valence electrons. The molecule has 0 aliphatic rings. The molecule has 0 radical (unpaired) electrons. The van der Waals surface area contributed by atoms with Crippen LogP contribution in [0.15, 0.2) is 47.6 Å². The molecule has 0 saturated carbocycles.